The molecule has 1 aromatic rings. The van der Waals surface area contributed by atoms with Crippen molar-refractivity contribution in [3.05, 3.63) is 28.8 Å². The lowest BCUT2D eigenvalue weighted by molar-refractivity contribution is 0.621. The van der Waals surface area contributed by atoms with Gasteiger partial charge in [0.1, 0.15) is 0 Å². The molecule has 1 N–H and O–H groups in total. The molecular weight excluding hydrogens is 155 g/mol. The molecule has 0 amide bonds. The van der Waals surface area contributed by atoms with Gasteiger partial charge in [0.25, 0.3) is 0 Å². The van der Waals surface area contributed by atoms with Gasteiger partial charge in [-0.25, -0.2) is 9.37 Å². The predicted molar refractivity (Wildman–Crippen MR) is 37.1 cm³/mol. The minimum Gasteiger partial charge on any atom is -0.308 e. The number of rotatable bonds is 1. The van der Waals surface area contributed by atoms with Gasteiger partial charge in [-0.05, 0) is 6.07 Å². The van der Waals surface area contributed by atoms with Crippen LogP contribution in [0, 0.1) is 11.2 Å². The molecule has 0 radical (unpaired) electrons. The smallest absolute Gasteiger partial charge is 0.164 e. The molecule has 2 nitrogen and oxygen atoms in total. The van der Waals surface area contributed by atoms with E-state index in [1.54, 1.807) is 0 Å². The van der Waals surface area contributed by atoms with Crippen LogP contribution in [0.25, 0.3) is 0 Å². The highest BCUT2D eigenvalue weighted by Gasteiger charge is 1.98. The second-order valence-electron chi connectivity index (χ2n) is 1.69. The molecule has 4 heteroatoms. The molecule has 52 valence electrons. The Morgan fingerprint density at radius 1 is 1.70 bits per heavy atom. The van der Waals surface area contributed by atoms with Gasteiger partial charge in [0.15, 0.2) is 11.0 Å². The Labute approximate surface area is 62.2 Å². The van der Waals surface area contributed by atoms with E-state index in [0.29, 0.717) is 5.56 Å². The van der Waals surface area contributed by atoms with Crippen LogP contribution in [-0.2, 0) is 0 Å². The zero-order valence-electron chi connectivity index (χ0n) is 4.94. The topological polar surface area (TPSA) is 36.7 Å². The molecule has 0 saturated heterocycles. The van der Waals surface area contributed by atoms with Crippen LogP contribution < -0.4 is 0 Å². The van der Waals surface area contributed by atoms with Gasteiger partial charge in [0.2, 0.25) is 0 Å². The predicted octanol–water partition coefficient (Wildman–Crippen LogP) is 1.87. The van der Waals surface area contributed by atoms with Gasteiger partial charge >= 0.3 is 0 Å². The van der Waals surface area contributed by atoms with Gasteiger partial charge in [-0.15, -0.1) is 0 Å². The first-order valence-corrected chi connectivity index (χ1v) is 2.93. The molecule has 10 heavy (non-hydrogen) atoms. The van der Waals surface area contributed by atoms with Gasteiger partial charge in [0.05, 0.1) is 0 Å². The Kier molecular flexibility index (Phi) is 1.97. The molecule has 0 aromatic carbocycles. The highest BCUT2D eigenvalue weighted by Crippen LogP contribution is 2.10. The summed E-state index contributed by atoms with van der Waals surface area (Å²) in [5.74, 6) is -0.595. The normalized spacial score (nSPS) is 9.40. The van der Waals surface area contributed by atoms with Gasteiger partial charge in [-0.2, -0.15) is 0 Å². The quantitative estimate of drug-likeness (QED) is 0.492. The van der Waals surface area contributed by atoms with Crippen LogP contribution in [0.1, 0.15) is 5.56 Å². The molecule has 0 unspecified atom stereocenters. The Bertz CT molecular complexity index is 262. The molecule has 0 bridgehead atoms. The Morgan fingerprint density at radius 3 is 2.90 bits per heavy atom. The number of aromatic nitrogens is 1. The van der Waals surface area contributed by atoms with Crippen molar-refractivity contribution in [1.29, 1.82) is 5.41 Å². The van der Waals surface area contributed by atoms with Crippen molar-refractivity contribution in [2.24, 2.45) is 0 Å². The summed E-state index contributed by atoms with van der Waals surface area (Å²) in [5.41, 5.74) is 0.405. The first kappa shape index (κ1) is 7.15. The van der Waals surface area contributed by atoms with Crippen molar-refractivity contribution >= 4 is 17.8 Å². The molecule has 0 spiro atoms. The van der Waals surface area contributed by atoms with E-state index < -0.39 is 5.82 Å². The van der Waals surface area contributed by atoms with Crippen molar-refractivity contribution in [3.63, 3.8) is 0 Å². The number of nitrogens with one attached hydrogen (secondary N) is 1. The molecule has 0 saturated carbocycles. The van der Waals surface area contributed by atoms with Crippen LogP contribution in [-0.4, -0.2) is 11.2 Å². The average Bonchev–Trinajstić information content (AvgIpc) is 1.95. The van der Waals surface area contributed by atoms with Crippen LogP contribution in [0.15, 0.2) is 12.3 Å². The van der Waals surface area contributed by atoms with E-state index in [2.05, 4.69) is 4.98 Å². The van der Waals surface area contributed by atoms with Crippen molar-refractivity contribution in [2.45, 2.75) is 0 Å². The van der Waals surface area contributed by atoms with E-state index in [-0.39, 0.29) is 5.15 Å². The number of hydrogen-bond acceptors (Lipinski definition) is 2. The van der Waals surface area contributed by atoms with Crippen molar-refractivity contribution in [1.82, 2.24) is 4.98 Å². The van der Waals surface area contributed by atoms with Crippen molar-refractivity contribution in [2.75, 3.05) is 0 Å². The fourth-order valence-corrected chi connectivity index (χ4v) is 0.618. The Balaban J connectivity index is 3.16. The molecule has 1 heterocycles. The molecule has 0 aliphatic heterocycles. The zero-order valence-corrected chi connectivity index (χ0v) is 5.69. The van der Waals surface area contributed by atoms with E-state index in [1.165, 1.54) is 6.20 Å². The van der Waals surface area contributed by atoms with E-state index in [9.17, 15) is 4.39 Å². The summed E-state index contributed by atoms with van der Waals surface area (Å²) in [4.78, 5) is 3.49. The van der Waals surface area contributed by atoms with Gasteiger partial charge in [-0.1, -0.05) is 11.6 Å². The van der Waals surface area contributed by atoms with Crippen molar-refractivity contribution in [3.8, 4) is 0 Å². The summed E-state index contributed by atoms with van der Waals surface area (Å²) in [7, 11) is 0. The average molecular weight is 159 g/mol. The lowest BCUT2D eigenvalue weighted by Crippen LogP contribution is -1.86. The maximum Gasteiger partial charge on any atom is 0.164 e. The Hall–Kier alpha value is -0.960. The zero-order chi connectivity index (χ0) is 7.56. The van der Waals surface area contributed by atoms with Crippen LogP contribution in [0.2, 0.25) is 5.15 Å². The van der Waals surface area contributed by atoms with Crippen molar-refractivity contribution < 1.29 is 4.39 Å². The number of halogens is 2. The highest BCUT2D eigenvalue weighted by atomic mass is 35.5. The lowest BCUT2D eigenvalue weighted by atomic mass is 10.3. The van der Waals surface area contributed by atoms with E-state index in [4.69, 9.17) is 17.0 Å². The second kappa shape index (κ2) is 2.75. The third-order valence-electron chi connectivity index (χ3n) is 0.984. The number of hydrogen-bond donors (Lipinski definition) is 1. The summed E-state index contributed by atoms with van der Waals surface area (Å²) in [5, 5.41) is 6.57. The summed E-state index contributed by atoms with van der Waals surface area (Å²) in [6.07, 6.45) is 2.34. The molecule has 0 aliphatic carbocycles. The van der Waals surface area contributed by atoms with Crippen LogP contribution in [0.3, 0.4) is 0 Å². The summed E-state index contributed by atoms with van der Waals surface area (Å²) in [6, 6.07) is 1.16. The minimum absolute atomic E-state index is 0.161. The number of nitrogens with zero attached hydrogens (tertiary/aromatic N) is 1. The van der Waals surface area contributed by atoms with E-state index in [1.807, 2.05) is 0 Å². The van der Waals surface area contributed by atoms with E-state index in [0.717, 1.165) is 12.3 Å². The SMILES string of the molecule is N=Cc1cnc(Cl)c(F)c1. The first-order chi connectivity index (χ1) is 4.74. The molecule has 0 aliphatic rings. The molecule has 0 atom stereocenters. The summed E-state index contributed by atoms with van der Waals surface area (Å²) < 4.78 is 12.5. The van der Waals surface area contributed by atoms with Gasteiger partial charge in [-0.3, -0.25) is 0 Å². The largest absolute Gasteiger partial charge is 0.308 e. The first-order valence-electron chi connectivity index (χ1n) is 2.55. The second-order valence-corrected chi connectivity index (χ2v) is 2.04. The summed E-state index contributed by atoms with van der Waals surface area (Å²) in [6.45, 7) is 0. The third-order valence-corrected chi connectivity index (χ3v) is 1.26. The minimum atomic E-state index is -0.595. The third kappa shape index (κ3) is 1.30. The van der Waals surface area contributed by atoms with Gasteiger partial charge < -0.3 is 5.41 Å². The standard InChI is InChI=1S/C6H4ClFN2/c7-6-5(8)1-4(2-9)3-10-6/h1-3,9H. The maximum atomic E-state index is 12.5. The maximum absolute atomic E-state index is 12.5. The van der Waals surface area contributed by atoms with Gasteiger partial charge in [0, 0.05) is 18.0 Å². The fourth-order valence-electron chi connectivity index (χ4n) is 0.515. The van der Waals surface area contributed by atoms with Crippen LogP contribution in [0.5, 0.6) is 0 Å². The van der Waals surface area contributed by atoms with Crippen LogP contribution >= 0.6 is 11.6 Å². The molecular formula is C6H4ClFN2. The van der Waals surface area contributed by atoms with E-state index >= 15 is 0 Å². The summed E-state index contributed by atoms with van der Waals surface area (Å²) >= 11 is 5.28. The highest BCUT2D eigenvalue weighted by molar-refractivity contribution is 6.29. The monoisotopic (exact) mass is 158 g/mol. The number of pyridine rings is 1. The molecule has 0 fully saturated rings. The molecule has 1 aromatic heterocycles. The molecule has 1 rings (SSSR count). The van der Waals surface area contributed by atoms with Crippen LogP contribution in [0.4, 0.5) is 4.39 Å². The fraction of sp³-hybridized carbons (Fsp3) is 0. The lowest BCUT2D eigenvalue weighted by Gasteiger charge is -1.92. The Morgan fingerprint density at radius 2 is 2.40 bits per heavy atom.